The summed E-state index contributed by atoms with van der Waals surface area (Å²) in [7, 11) is 0. The van der Waals surface area contributed by atoms with Gasteiger partial charge in [0, 0.05) is 24.1 Å². The number of hydrogen-bond acceptors (Lipinski definition) is 3. The molecule has 1 rings (SSSR count). The second-order valence-electron chi connectivity index (χ2n) is 3.84. The van der Waals surface area contributed by atoms with Crippen LogP contribution in [0.5, 0.6) is 0 Å². The minimum absolute atomic E-state index is 0.0329. The molecule has 0 aromatic heterocycles. The molecule has 6 heteroatoms. The molecule has 19 heavy (non-hydrogen) atoms. The molecular weight excluding hydrogens is 268 g/mol. The van der Waals surface area contributed by atoms with Crippen molar-refractivity contribution >= 4 is 23.2 Å². The first kappa shape index (κ1) is 15.0. The van der Waals surface area contributed by atoms with Crippen LogP contribution < -0.4 is 5.32 Å². The van der Waals surface area contributed by atoms with Crippen LogP contribution in [0, 0.1) is 22.5 Å². The monoisotopic (exact) mass is 280 g/mol. The van der Waals surface area contributed by atoms with E-state index in [-0.39, 0.29) is 16.3 Å². The minimum atomic E-state index is -0.608. The number of halogens is 1. The van der Waals surface area contributed by atoms with Crippen molar-refractivity contribution in [2.24, 2.45) is 0 Å². The first-order valence-electron chi connectivity index (χ1n) is 5.72. The molecule has 0 saturated heterocycles. The highest BCUT2D eigenvalue weighted by Gasteiger charge is 2.19. The van der Waals surface area contributed by atoms with Gasteiger partial charge in [0.1, 0.15) is 5.56 Å². The predicted octanol–water partition coefficient (Wildman–Crippen LogP) is 2.78. The lowest BCUT2D eigenvalue weighted by Crippen LogP contribution is -2.25. The summed E-state index contributed by atoms with van der Waals surface area (Å²) >= 11 is 5.74. The van der Waals surface area contributed by atoms with Crippen LogP contribution in [-0.4, -0.2) is 17.4 Å². The molecule has 0 heterocycles. The zero-order chi connectivity index (χ0) is 14.3. The van der Waals surface area contributed by atoms with Gasteiger partial charge in [-0.3, -0.25) is 14.9 Å². The van der Waals surface area contributed by atoms with Crippen molar-refractivity contribution in [2.75, 3.05) is 6.54 Å². The molecule has 0 radical (unpaired) electrons. The van der Waals surface area contributed by atoms with E-state index >= 15 is 0 Å². The molecule has 0 bridgehead atoms. The maximum Gasteiger partial charge on any atom is 0.282 e. The van der Waals surface area contributed by atoms with Crippen LogP contribution in [-0.2, 0) is 0 Å². The Balaban J connectivity index is 2.68. The number of hydrogen-bond donors (Lipinski definition) is 1. The molecule has 0 aliphatic heterocycles. The highest BCUT2D eigenvalue weighted by atomic mass is 35.5. The van der Waals surface area contributed by atoms with E-state index in [1.54, 1.807) is 0 Å². The highest BCUT2D eigenvalue weighted by Crippen LogP contribution is 2.22. The molecule has 100 valence electrons. The number of nitro groups is 1. The van der Waals surface area contributed by atoms with Gasteiger partial charge in [0.05, 0.1) is 4.92 Å². The van der Waals surface area contributed by atoms with Crippen molar-refractivity contribution in [3.05, 3.63) is 38.9 Å². The van der Waals surface area contributed by atoms with Gasteiger partial charge in [-0.1, -0.05) is 11.6 Å². The topological polar surface area (TPSA) is 72.2 Å². The number of amides is 1. The summed E-state index contributed by atoms with van der Waals surface area (Å²) in [5, 5.41) is 13.7. The van der Waals surface area contributed by atoms with Crippen LogP contribution in [0.3, 0.4) is 0 Å². The van der Waals surface area contributed by atoms with Crippen molar-refractivity contribution in [1.82, 2.24) is 5.32 Å². The lowest BCUT2D eigenvalue weighted by molar-refractivity contribution is -0.385. The van der Waals surface area contributed by atoms with E-state index in [2.05, 4.69) is 11.2 Å². The van der Waals surface area contributed by atoms with Crippen LogP contribution in [0.25, 0.3) is 0 Å². The molecule has 1 amide bonds. The quantitative estimate of drug-likeness (QED) is 0.377. The summed E-state index contributed by atoms with van der Waals surface area (Å²) in [6, 6.07) is 3.88. The Labute approximate surface area is 116 Å². The summed E-state index contributed by atoms with van der Waals surface area (Å²) in [5.74, 6) is 1.99. The van der Waals surface area contributed by atoms with Gasteiger partial charge in [0.15, 0.2) is 0 Å². The third-order valence-electron chi connectivity index (χ3n) is 2.43. The van der Waals surface area contributed by atoms with Gasteiger partial charge in [-0.2, -0.15) is 0 Å². The van der Waals surface area contributed by atoms with Crippen molar-refractivity contribution in [1.29, 1.82) is 0 Å². The van der Waals surface area contributed by atoms with Gasteiger partial charge in [0.25, 0.3) is 11.6 Å². The predicted molar refractivity (Wildman–Crippen MR) is 73.1 cm³/mol. The van der Waals surface area contributed by atoms with E-state index in [4.69, 9.17) is 18.0 Å². The van der Waals surface area contributed by atoms with Gasteiger partial charge in [-0.05, 0) is 25.0 Å². The lowest BCUT2D eigenvalue weighted by atomic mass is 10.1. The van der Waals surface area contributed by atoms with E-state index in [1.807, 2.05) is 0 Å². The molecular formula is C13H13ClN2O3. The molecule has 0 spiro atoms. The van der Waals surface area contributed by atoms with Crippen LogP contribution in [0.4, 0.5) is 5.69 Å². The van der Waals surface area contributed by atoms with Gasteiger partial charge >= 0.3 is 0 Å². The molecule has 0 aliphatic rings. The normalized spacial score (nSPS) is 9.68. The number of terminal acetylenes is 1. The second-order valence-corrected chi connectivity index (χ2v) is 4.27. The number of unbranched alkanes of at least 4 members (excludes halogenated alkanes) is 2. The Morgan fingerprint density at radius 3 is 2.84 bits per heavy atom. The molecule has 1 aromatic rings. The number of carbonyl (C=O) groups excluding carboxylic acids is 1. The van der Waals surface area contributed by atoms with Gasteiger partial charge in [-0.15, -0.1) is 12.3 Å². The first-order valence-corrected chi connectivity index (χ1v) is 6.09. The first-order chi connectivity index (χ1) is 9.06. The number of benzene rings is 1. The largest absolute Gasteiger partial charge is 0.352 e. The summed E-state index contributed by atoms with van der Waals surface area (Å²) in [6.45, 7) is 0.421. The molecule has 0 atom stereocenters. The van der Waals surface area contributed by atoms with E-state index in [9.17, 15) is 14.9 Å². The number of nitrogens with one attached hydrogen (secondary N) is 1. The third kappa shape index (κ3) is 4.60. The van der Waals surface area contributed by atoms with Crippen LogP contribution in [0.2, 0.25) is 5.02 Å². The highest BCUT2D eigenvalue weighted by molar-refractivity contribution is 6.31. The van der Waals surface area contributed by atoms with Crippen molar-refractivity contribution in [3.8, 4) is 12.3 Å². The molecule has 5 nitrogen and oxygen atoms in total. The maximum absolute atomic E-state index is 11.8. The number of nitro benzene ring substituents is 1. The van der Waals surface area contributed by atoms with E-state index in [0.29, 0.717) is 13.0 Å². The Hall–Kier alpha value is -2.06. The minimum Gasteiger partial charge on any atom is -0.352 e. The summed E-state index contributed by atoms with van der Waals surface area (Å²) < 4.78 is 0. The SMILES string of the molecule is C#CCCCCNC(=O)c1cc(Cl)ccc1[N+](=O)[O-]. The molecule has 0 saturated carbocycles. The molecule has 0 unspecified atom stereocenters. The Bertz CT molecular complexity index is 523. The summed E-state index contributed by atoms with van der Waals surface area (Å²) in [5.41, 5.74) is -0.292. The van der Waals surface area contributed by atoms with Crippen molar-refractivity contribution in [2.45, 2.75) is 19.3 Å². The molecule has 0 fully saturated rings. The number of nitrogens with zero attached hydrogens (tertiary/aromatic N) is 1. The van der Waals surface area contributed by atoms with Crippen molar-refractivity contribution in [3.63, 3.8) is 0 Å². The fourth-order valence-electron chi connectivity index (χ4n) is 1.50. The average Bonchev–Trinajstić information content (AvgIpc) is 2.37. The lowest BCUT2D eigenvalue weighted by Gasteiger charge is -2.05. The fraction of sp³-hybridized carbons (Fsp3) is 0.308. The van der Waals surface area contributed by atoms with Crippen LogP contribution in [0.1, 0.15) is 29.6 Å². The van der Waals surface area contributed by atoms with E-state index in [1.165, 1.54) is 18.2 Å². The Kier molecular flexibility index (Phi) is 5.83. The Morgan fingerprint density at radius 2 is 2.21 bits per heavy atom. The molecule has 1 aromatic carbocycles. The van der Waals surface area contributed by atoms with Gasteiger partial charge < -0.3 is 5.32 Å². The summed E-state index contributed by atoms with van der Waals surface area (Å²) in [4.78, 5) is 22.0. The second kappa shape index (κ2) is 7.39. The Morgan fingerprint density at radius 1 is 1.47 bits per heavy atom. The number of rotatable bonds is 6. The van der Waals surface area contributed by atoms with Gasteiger partial charge in [0.2, 0.25) is 0 Å². The smallest absolute Gasteiger partial charge is 0.282 e. The zero-order valence-electron chi connectivity index (χ0n) is 10.2. The average molecular weight is 281 g/mol. The van der Waals surface area contributed by atoms with Crippen molar-refractivity contribution < 1.29 is 9.72 Å². The zero-order valence-corrected chi connectivity index (χ0v) is 10.9. The third-order valence-corrected chi connectivity index (χ3v) is 2.67. The molecule has 0 aliphatic carbocycles. The fourth-order valence-corrected chi connectivity index (χ4v) is 1.67. The maximum atomic E-state index is 11.8. The number of carbonyl (C=O) groups is 1. The molecule has 1 N–H and O–H groups in total. The van der Waals surface area contributed by atoms with E-state index < -0.39 is 10.8 Å². The van der Waals surface area contributed by atoms with Gasteiger partial charge in [-0.25, -0.2) is 0 Å². The standard InChI is InChI=1S/C13H13ClN2O3/c1-2-3-4-5-8-15-13(17)11-9-10(14)6-7-12(11)16(18)19/h1,6-7,9H,3-5,8H2,(H,15,17). The van der Waals surface area contributed by atoms with Crippen LogP contribution in [0.15, 0.2) is 18.2 Å². The van der Waals surface area contributed by atoms with E-state index in [0.717, 1.165) is 12.8 Å². The summed E-state index contributed by atoms with van der Waals surface area (Å²) in [6.07, 6.45) is 7.28. The van der Waals surface area contributed by atoms with Crippen LogP contribution >= 0.6 is 11.6 Å².